The van der Waals surface area contributed by atoms with Crippen molar-refractivity contribution in [1.29, 1.82) is 0 Å². The fourth-order valence-electron chi connectivity index (χ4n) is 3.99. The minimum absolute atomic E-state index is 0.00512. The molecule has 29 heavy (non-hydrogen) atoms. The molecule has 2 aliphatic heterocycles. The summed E-state index contributed by atoms with van der Waals surface area (Å²) in [5.41, 5.74) is 1.27. The zero-order chi connectivity index (χ0) is 20.4. The van der Waals surface area contributed by atoms with E-state index in [4.69, 9.17) is 25.8 Å². The molecule has 2 N–H and O–H groups in total. The Morgan fingerprint density at radius 3 is 2.86 bits per heavy atom. The first kappa shape index (κ1) is 22.3. The van der Waals surface area contributed by atoms with E-state index in [2.05, 4.69) is 27.8 Å². The van der Waals surface area contributed by atoms with Gasteiger partial charge in [0.25, 0.3) is 0 Å². The lowest BCUT2D eigenvalue weighted by atomic mass is 9.74. The Hall–Kier alpha value is -1.34. The average Bonchev–Trinajstić information content (AvgIpc) is 3.27. The van der Waals surface area contributed by atoms with Gasteiger partial charge in [-0.2, -0.15) is 0 Å². The van der Waals surface area contributed by atoms with Gasteiger partial charge in [-0.1, -0.05) is 23.7 Å². The van der Waals surface area contributed by atoms with Crippen LogP contribution in [0.5, 0.6) is 0 Å². The second kappa shape index (κ2) is 11.7. The molecule has 0 amide bonds. The molecule has 0 aromatic heterocycles. The van der Waals surface area contributed by atoms with Crippen molar-refractivity contribution in [2.45, 2.75) is 43.6 Å². The van der Waals surface area contributed by atoms with Crippen molar-refractivity contribution in [3.05, 3.63) is 34.9 Å². The van der Waals surface area contributed by atoms with Crippen molar-refractivity contribution in [2.24, 2.45) is 4.99 Å². The highest BCUT2D eigenvalue weighted by Gasteiger charge is 2.34. The van der Waals surface area contributed by atoms with E-state index >= 15 is 0 Å². The molecule has 2 heterocycles. The van der Waals surface area contributed by atoms with Crippen LogP contribution in [0.2, 0.25) is 5.02 Å². The highest BCUT2D eigenvalue weighted by atomic mass is 35.5. The van der Waals surface area contributed by atoms with E-state index in [9.17, 15) is 0 Å². The van der Waals surface area contributed by atoms with Gasteiger partial charge >= 0.3 is 0 Å². The summed E-state index contributed by atoms with van der Waals surface area (Å²) in [5, 5.41) is 7.68. The third kappa shape index (κ3) is 6.85. The summed E-state index contributed by atoms with van der Waals surface area (Å²) in [7, 11) is 1.80. The summed E-state index contributed by atoms with van der Waals surface area (Å²) < 4.78 is 16.9. The minimum atomic E-state index is 0.00512. The normalized spacial score (nSPS) is 21.9. The predicted octanol–water partition coefficient (Wildman–Crippen LogP) is 3.14. The van der Waals surface area contributed by atoms with Crippen LogP contribution in [0.3, 0.4) is 0 Å². The Morgan fingerprint density at radius 2 is 2.14 bits per heavy atom. The summed E-state index contributed by atoms with van der Waals surface area (Å²) in [5.74, 6) is 0.817. The lowest BCUT2D eigenvalue weighted by Gasteiger charge is -2.38. The number of rotatable bonds is 9. The van der Waals surface area contributed by atoms with Crippen LogP contribution >= 0.6 is 11.6 Å². The van der Waals surface area contributed by atoms with Gasteiger partial charge in [-0.15, -0.1) is 0 Å². The van der Waals surface area contributed by atoms with Gasteiger partial charge in [0.2, 0.25) is 0 Å². The molecule has 0 bridgehead atoms. The number of ether oxygens (including phenoxy) is 3. The fourth-order valence-corrected chi connectivity index (χ4v) is 4.18. The number of hydrogen-bond donors (Lipinski definition) is 2. The van der Waals surface area contributed by atoms with Crippen LogP contribution in [-0.2, 0) is 19.6 Å². The van der Waals surface area contributed by atoms with E-state index < -0.39 is 0 Å². The fraction of sp³-hybridized carbons (Fsp3) is 0.682. The molecule has 0 aliphatic carbocycles. The van der Waals surface area contributed by atoms with Gasteiger partial charge in [-0.3, -0.25) is 4.99 Å². The number of nitrogens with zero attached hydrogens (tertiary/aromatic N) is 1. The summed E-state index contributed by atoms with van der Waals surface area (Å²) in [6, 6.07) is 8.20. The Bertz CT molecular complexity index is 644. The van der Waals surface area contributed by atoms with Crippen LogP contribution in [0.4, 0.5) is 0 Å². The first-order valence-corrected chi connectivity index (χ1v) is 11.1. The standard InChI is InChI=1S/C22H34ClN3O3/c1-24-21(25-10-4-11-28-16-20-7-3-12-29-20)26-17-22(8-13-27-14-9-22)18-5-2-6-19(23)15-18/h2,5-6,15,20H,3-4,7-14,16-17H2,1H3,(H2,24,25,26). The zero-order valence-corrected chi connectivity index (χ0v) is 18.2. The van der Waals surface area contributed by atoms with Gasteiger partial charge in [-0.05, 0) is 49.8 Å². The average molecular weight is 424 g/mol. The number of halogens is 1. The van der Waals surface area contributed by atoms with Crippen molar-refractivity contribution < 1.29 is 14.2 Å². The molecule has 0 saturated carbocycles. The Labute approximate surface area is 179 Å². The third-order valence-corrected chi connectivity index (χ3v) is 6.03. The number of guanidine groups is 1. The summed E-state index contributed by atoms with van der Waals surface area (Å²) >= 11 is 6.26. The lowest BCUT2D eigenvalue weighted by molar-refractivity contribution is 0.0168. The van der Waals surface area contributed by atoms with E-state index in [0.717, 1.165) is 82.6 Å². The van der Waals surface area contributed by atoms with Crippen LogP contribution in [0.25, 0.3) is 0 Å². The first-order chi connectivity index (χ1) is 14.2. The van der Waals surface area contributed by atoms with E-state index in [-0.39, 0.29) is 5.41 Å². The maximum absolute atomic E-state index is 6.26. The molecule has 6 nitrogen and oxygen atoms in total. The van der Waals surface area contributed by atoms with Crippen LogP contribution in [0.15, 0.2) is 29.3 Å². The van der Waals surface area contributed by atoms with Crippen molar-refractivity contribution in [3.63, 3.8) is 0 Å². The molecule has 1 aromatic rings. The highest BCUT2D eigenvalue weighted by Crippen LogP contribution is 2.35. The SMILES string of the molecule is CN=C(NCCCOCC1CCCO1)NCC1(c2cccc(Cl)c2)CCOCC1. The minimum Gasteiger partial charge on any atom is -0.381 e. The molecule has 1 atom stereocenters. The third-order valence-electron chi connectivity index (χ3n) is 5.79. The van der Waals surface area contributed by atoms with Crippen LogP contribution in [0, 0.1) is 0 Å². The lowest BCUT2D eigenvalue weighted by Crippen LogP contribution is -2.48. The molecule has 2 fully saturated rings. The first-order valence-electron chi connectivity index (χ1n) is 10.7. The smallest absolute Gasteiger partial charge is 0.191 e. The molecular weight excluding hydrogens is 390 g/mol. The second-order valence-electron chi connectivity index (χ2n) is 7.82. The quantitative estimate of drug-likeness (QED) is 0.363. The maximum atomic E-state index is 6.26. The van der Waals surface area contributed by atoms with E-state index in [1.165, 1.54) is 5.56 Å². The number of nitrogens with one attached hydrogen (secondary N) is 2. The molecular formula is C22H34ClN3O3. The number of aliphatic imine (C=N–C) groups is 1. The largest absolute Gasteiger partial charge is 0.381 e. The Kier molecular flexibility index (Phi) is 9.05. The number of hydrogen-bond acceptors (Lipinski definition) is 4. The van der Waals surface area contributed by atoms with Crippen molar-refractivity contribution >= 4 is 17.6 Å². The van der Waals surface area contributed by atoms with Crippen LogP contribution < -0.4 is 10.6 Å². The van der Waals surface area contributed by atoms with Crippen molar-refractivity contribution in [3.8, 4) is 0 Å². The summed E-state index contributed by atoms with van der Waals surface area (Å²) in [4.78, 5) is 4.37. The van der Waals surface area contributed by atoms with Crippen molar-refractivity contribution in [2.75, 3.05) is 53.2 Å². The van der Waals surface area contributed by atoms with Gasteiger partial charge in [0, 0.05) is 57.0 Å². The molecule has 2 saturated heterocycles. The Morgan fingerprint density at radius 1 is 1.28 bits per heavy atom. The topological polar surface area (TPSA) is 64.1 Å². The van der Waals surface area contributed by atoms with Gasteiger partial charge in [0.05, 0.1) is 12.7 Å². The zero-order valence-electron chi connectivity index (χ0n) is 17.4. The van der Waals surface area contributed by atoms with Crippen LogP contribution in [0.1, 0.15) is 37.7 Å². The number of benzene rings is 1. The maximum Gasteiger partial charge on any atom is 0.191 e. The second-order valence-corrected chi connectivity index (χ2v) is 8.26. The van der Waals surface area contributed by atoms with Gasteiger partial charge in [-0.25, -0.2) is 0 Å². The van der Waals surface area contributed by atoms with Gasteiger partial charge < -0.3 is 24.8 Å². The molecule has 0 radical (unpaired) electrons. The highest BCUT2D eigenvalue weighted by molar-refractivity contribution is 6.30. The van der Waals surface area contributed by atoms with E-state index in [1.54, 1.807) is 7.05 Å². The van der Waals surface area contributed by atoms with Crippen LogP contribution in [-0.4, -0.2) is 65.2 Å². The predicted molar refractivity (Wildman–Crippen MR) is 117 cm³/mol. The van der Waals surface area contributed by atoms with E-state index in [0.29, 0.717) is 12.7 Å². The van der Waals surface area contributed by atoms with E-state index in [1.807, 2.05) is 12.1 Å². The molecule has 3 rings (SSSR count). The molecule has 7 heteroatoms. The Balaban J connectivity index is 1.42. The molecule has 0 spiro atoms. The summed E-state index contributed by atoms with van der Waals surface area (Å²) in [6.07, 6.45) is 5.43. The van der Waals surface area contributed by atoms with Gasteiger partial charge in [0.1, 0.15) is 0 Å². The molecule has 2 aliphatic rings. The van der Waals surface area contributed by atoms with Crippen molar-refractivity contribution in [1.82, 2.24) is 10.6 Å². The molecule has 162 valence electrons. The molecule has 1 aromatic carbocycles. The monoisotopic (exact) mass is 423 g/mol. The van der Waals surface area contributed by atoms with Gasteiger partial charge in [0.15, 0.2) is 5.96 Å². The molecule has 1 unspecified atom stereocenters. The summed E-state index contributed by atoms with van der Waals surface area (Å²) in [6.45, 7) is 5.46.